The Morgan fingerprint density at radius 1 is 1.47 bits per heavy atom. The van der Waals surface area contributed by atoms with Gasteiger partial charge in [0, 0.05) is 10.6 Å². The summed E-state index contributed by atoms with van der Waals surface area (Å²) in [5, 5.41) is 20.4. The first-order valence-electron chi connectivity index (χ1n) is 6.61. The summed E-state index contributed by atoms with van der Waals surface area (Å²) in [6.45, 7) is 0. The van der Waals surface area contributed by atoms with Gasteiger partial charge in [0.1, 0.15) is 5.82 Å². The molecule has 1 N–H and O–H groups in total. The summed E-state index contributed by atoms with van der Waals surface area (Å²) >= 11 is 6.01. The highest BCUT2D eigenvalue weighted by Gasteiger charge is 2.56. The summed E-state index contributed by atoms with van der Waals surface area (Å²) in [6, 6.07) is 6.31. The monoisotopic (exact) mass is 279 g/mol. The Kier molecular flexibility index (Phi) is 3.03. The van der Waals surface area contributed by atoms with Gasteiger partial charge < -0.3 is 5.11 Å². The first-order chi connectivity index (χ1) is 9.06. The third kappa shape index (κ3) is 1.86. The lowest BCUT2D eigenvalue weighted by molar-refractivity contribution is 0.0233. The minimum absolute atomic E-state index is 0.199. The summed E-state index contributed by atoms with van der Waals surface area (Å²) < 4.78 is 13.1. The Hall–Kier alpha value is -1.11. The van der Waals surface area contributed by atoms with Gasteiger partial charge in [0.2, 0.25) is 0 Å². The molecule has 100 valence electrons. The molecule has 1 aromatic rings. The molecule has 1 aromatic carbocycles. The predicted molar refractivity (Wildman–Crippen MR) is 69.9 cm³/mol. The van der Waals surface area contributed by atoms with Crippen molar-refractivity contribution >= 4 is 11.6 Å². The number of fused-ring (bicyclic) bond motifs is 2. The number of rotatable bonds is 2. The van der Waals surface area contributed by atoms with Gasteiger partial charge in [-0.3, -0.25) is 0 Å². The van der Waals surface area contributed by atoms with E-state index in [1.165, 1.54) is 18.2 Å². The molecule has 2 aliphatic rings. The van der Waals surface area contributed by atoms with Crippen LogP contribution in [-0.2, 0) is 0 Å². The summed E-state index contributed by atoms with van der Waals surface area (Å²) in [7, 11) is 0. The number of aliphatic hydroxyl groups excluding tert-OH is 1. The van der Waals surface area contributed by atoms with Gasteiger partial charge in [0.05, 0.1) is 17.6 Å². The first kappa shape index (κ1) is 12.9. The second-order valence-corrected chi connectivity index (χ2v) is 6.21. The van der Waals surface area contributed by atoms with Crippen molar-refractivity contribution in [3.8, 4) is 6.07 Å². The standard InChI is InChI=1S/C15H15ClFNO/c16-13-6-11(17)3-4-12(13)14(19)15(8-18)7-9-1-2-10(15)5-9/h3-4,6,9-10,14,19H,1-2,5,7H2. The molecule has 19 heavy (non-hydrogen) atoms. The maximum Gasteiger partial charge on any atom is 0.124 e. The van der Waals surface area contributed by atoms with E-state index in [2.05, 4.69) is 6.07 Å². The van der Waals surface area contributed by atoms with Gasteiger partial charge in [-0.25, -0.2) is 4.39 Å². The molecule has 0 amide bonds. The molecule has 0 saturated heterocycles. The summed E-state index contributed by atoms with van der Waals surface area (Å²) in [5.41, 5.74) is -0.276. The Labute approximate surface area is 116 Å². The molecule has 4 atom stereocenters. The molecule has 0 aromatic heterocycles. The van der Waals surface area contributed by atoms with E-state index >= 15 is 0 Å². The highest BCUT2D eigenvalue weighted by atomic mass is 35.5. The van der Waals surface area contributed by atoms with Crippen molar-refractivity contribution in [2.75, 3.05) is 0 Å². The summed E-state index contributed by atoms with van der Waals surface area (Å²) in [4.78, 5) is 0. The molecule has 0 aliphatic heterocycles. The number of aliphatic hydroxyl groups is 1. The molecule has 2 saturated carbocycles. The Bertz CT molecular complexity index is 556. The first-order valence-corrected chi connectivity index (χ1v) is 6.99. The molecule has 4 heteroatoms. The van der Waals surface area contributed by atoms with Crippen LogP contribution in [0.15, 0.2) is 18.2 Å². The van der Waals surface area contributed by atoms with E-state index in [-0.39, 0.29) is 10.9 Å². The predicted octanol–water partition coefficient (Wildman–Crippen LogP) is 3.84. The van der Waals surface area contributed by atoms with Crippen LogP contribution in [0.2, 0.25) is 5.02 Å². The maximum atomic E-state index is 13.1. The SMILES string of the molecule is N#CC1(C(O)c2ccc(F)cc2Cl)CC2CCC1C2. The lowest BCUT2D eigenvalue weighted by atomic mass is 9.68. The molecular formula is C15H15ClFNO. The lowest BCUT2D eigenvalue weighted by Gasteiger charge is -2.36. The van der Waals surface area contributed by atoms with Gasteiger partial charge in [0.25, 0.3) is 0 Å². The van der Waals surface area contributed by atoms with Gasteiger partial charge in [-0.2, -0.15) is 5.26 Å². The average molecular weight is 280 g/mol. The quantitative estimate of drug-likeness (QED) is 0.894. The van der Waals surface area contributed by atoms with Crippen molar-refractivity contribution < 1.29 is 9.50 Å². The highest BCUT2D eigenvalue weighted by molar-refractivity contribution is 6.31. The van der Waals surface area contributed by atoms with Crippen molar-refractivity contribution in [2.24, 2.45) is 17.3 Å². The van der Waals surface area contributed by atoms with Crippen LogP contribution in [0.3, 0.4) is 0 Å². The molecule has 4 unspecified atom stereocenters. The zero-order valence-electron chi connectivity index (χ0n) is 10.4. The number of nitrogens with zero attached hydrogens (tertiary/aromatic N) is 1. The molecule has 0 heterocycles. The number of benzene rings is 1. The molecule has 2 fully saturated rings. The van der Waals surface area contributed by atoms with Gasteiger partial charge >= 0.3 is 0 Å². The second-order valence-electron chi connectivity index (χ2n) is 5.80. The normalized spacial score (nSPS) is 34.2. The topological polar surface area (TPSA) is 44.0 Å². The maximum absolute atomic E-state index is 13.1. The van der Waals surface area contributed by atoms with Crippen molar-refractivity contribution in [1.82, 2.24) is 0 Å². The third-order valence-corrected chi connectivity index (χ3v) is 5.18. The van der Waals surface area contributed by atoms with E-state index in [9.17, 15) is 14.8 Å². The molecular weight excluding hydrogens is 265 g/mol. The van der Waals surface area contributed by atoms with Crippen molar-refractivity contribution in [2.45, 2.75) is 31.8 Å². The third-order valence-electron chi connectivity index (χ3n) is 4.85. The number of hydrogen-bond acceptors (Lipinski definition) is 2. The minimum Gasteiger partial charge on any atom is -0.387 e. The molecule has 3 rings (SSSR count). The highest BCUT2D eigenvalue weighted by Crippen LogP contribution is 2.61. The van der Waals surface area contributed by atoms with Crippen LogP contribution in [0.4, 0.5) is 4.39 Å². The van der Waals surface area contributed by atoms with Crippen LogP contribution in [-0.4, -0.2) is 5.11 Å². The lowest BCUT2D eigenvalue weighted by Crippen LogP contribution is -2.33. The largest absolute Gasteiger partial charge is 0.387 e. The zero-order chi connectivity index (χ0) is 13.6. The van der Waals surface area contributed by atoms with Gasteiger partial charge in [-0.15, -0.1) is 0 Å². The van der Waals surface area contributed by atoms with E-state index in [1.807, 2.05) is 0 Å². The van der Waals surface area contributed by atoms with Crippen LogP contribution in [0.1, 0.15) is 37.4 Å². The van der Waals surface area contributed by atoms with Gasteiger partial charge in [-0.1, -0.05) is 24.1 Å². The molecule has 2 bridgehead atoms. The van der Waals surface area contributed by atoms with Crippen LogP contribution in [0, 0.1) is 34.4 Å². The van der Waals surface area contributed by atoms with E-state index < -0.39 is 17.3 Å². The number of hydrogen-bond donors (Lipinski definition) is 1. The van der Waals surface area contributed by atoms with Crippen LogP contribution >= 0.6 is 11.6 Å². The zero-order valence-corrected chi connectivity index (χ0v) is 11.2. The van der Waals surface area contributed by atoms with Crippen LogP contribution in [0.5, 0.6) is 0 Å². The van der Waals surface area contributed by atoms with Crippen molar-refractivity contribution in [3.63, 3.8) is 0 Å². The fourth-order valence-corrected chi connectivity index (χ4v) is 4.18. The van der Waals surface area contributed by atoms with Crippen LogP contribution < -0.4 is 0 Å². The summed E-state index contributed by atoms with van der Waals surface area (Å²) in [6.07, 6.45) is 2.96. The van der Waals surface area contributed by atoms with E-state index in [0.29, 0.717) is 11.5 Å². The number of nitriles is 1. The van der Waals surface area contributed by atoms with Crippen molar-refractivity contribution in [1.29, 1.82) is 5.26 Å². The second kappa shape index (κ2) is 4.47. The van der Waals surface area contributed by atoms with Gasteiger partial charge in [-0.05, 0) is 43.2 Å². The molecule has 2 aliphatic carbocycles. The van der Waals surface area contributed by atoms with E-state index in [4.69, 9.17) is 11.6 Å². The fourth-order valence-electron chi connectivity index (χ4n) is 3.91. The Morgan fingerprint density at radius 2 is 2.26 bits per heavy atom. The number of halogens is 2. The average Bonchev–Trinajstić information content (AvgIpc) is 2.98. The van der Waals surface area contributed by atoms with E-state index in [1.54, 1.807) is 0 Å². The fraction of sp³-hybridized carbons (Fsp3) is 0.533. The minimum atomic E-state index is -0.930. The van der Waals surface area contributed by atoms with Crippen LogP contribution in [0.25, 0.3) is 0 Å². The smallest absolute Gasteiger partial charge is 0.124 e. The van der Waals surface area contributed by atoms with E-state index in [0.717, 1.165) is 25.7 Å². The Balaban J connectivity index is 1.99. The van der Waals surface area contributed by atoms with Gasteiger partial charge in [0.15, 0.2) is 0 Å². The Morgan fingerprint density at radius 3 is 2.79 bits per heavy atom. The molecule has 0 radical (unpaired) electrons. The molecule has 0 spiro atoms. The molecule has 2 nitrogen and oxygen atoms in total. The van der Waals surface area contributed by atoms with Crippen molar-refractivity contribution in [3.05, 3.63) is 34.6 Å². The summed E-state index contributed by atoms with van der Waals surface area (Å²) in [5.74, 6) is 0.344.